The fraction of sp³-hybridized carbons (Fsp3) is 0.269. The van der Waals surface area contributed by atoms with E-state index in [0.717, 1.165) is 15.4 Å². The summed E-state index contributed by atoms with van der Waals surface area (Å²) in [5, 5.41) is 3.46. The summed E-state index contributed by atoms with van der Waals surface area (Å²) in [6.45, 7) is 5.53. The number of nitrogens with one attached hydrogen (secondary N) is 1. The maximum atomic E-state index is 13.8. The van der Waals surface area contributed by atoms with Crippen LogP contribution in [0.1, 0.15) is 31.0 Å². The molecule has 0 spiro atoms. The summed E-state index contributed by atoms with van der Waals surface area (Å²) in [6.07, 6.45) is 0. The van der Waals surface area contributed by atoms with Crippen LogP contribution in [-0.4, -0.2) is 34.6 Å². The molecule has 0 bridgehead atoms. The standard InChI is InChI=1S/C26H29ClN2O5S/c1-5-34-23-13-11-22(12-14-23)29(35(31,32)25-16-18(2)6-15-24(25)33-4)17-26(30)28-19(3)20-7-9-21(27)10-8-20/h6-16,19H,5,17H2,1-4H3,(H,28,30)/t19-/m1/s1. The summed E-state index contributed by atoms with van der Waals surface area (Å²) < 4.78 is 39.5. The van der Waals surface area contributed by atoms with Crippen molar-refractivity contribution in [3.05, 3.63) is 82.9 Å². The van der Waals surface area contributed by atoms with Crippen LogP contribution in [0.5, 0.6) is 11.5 Å². The van der Waals surface area contributed by atoms with Crippen LogP contribution in [-0.2, 0) is 14.8 Å². The molecule has 186 valence electrons. The number of hydrogen-bond acceptors (Lipinski definition) is 5. The van der Waals surface area contributed by atoms with Gasteiger partial charge in [-0.25, -0.2) is 8.42 Å². The number of anilines is 1. The lowest BCUT2D eigenvalue weighted by molar-refractivity contribution is -0.120. The number of rotatable bonds is 10. The minimum Gasteiger partial charge on any atom is -0.495 e. The van der Waals surface area contributed by atoms with Gasteiger partial charge in [0.05, 0.1) is 25.4 Å². The summed E-state index contributed by atoms with van der Waals surface area (Å²) in [7, 11) is -2.75. The third kappa shape index (κ3) is 6.46. The van der Waals surface area contributed by atoms with E-state index in [-0.39, 0.29) is 16.7 Å². The van der Waals surface area contributed by atoms with Gasteiger partial charge in [0.25, 0.3) is 10.0 Å². The maximum Gasteiger partial charge on any atom is 0.268 e. The number of methoxy groups -OCH3 is 1. The summed E-state index contributed by atoms with van der Waals surface area (Å²) >= 11 is 5.95. The predicted molar refractivity (Wildman–Crippen MR) is 138 cm³/mol. The molecular weight excluding hydrogens is 488 g/mol. The van der Waals surface area contributed by atoms with Gasteiger partial charge in [-0.2, -0.15) is 0 Å². The van der Waals surface area contributed by atoms with Crippen LogP contribution in [0.3, 0.4) is 0 Å². The Morgan fingerprint density at radius 2 is 1.71 bits per heavy atom. The highest BCUT2D eigenvalue weighted by Gasteiger charge is 2.30. The number of halogens is 1. The average Bonchev–Trinajstić information content (AvgIpc) is 2.83. The van der Waals surface area contributed by atoms with Crippen molar-refractivity contribution >= 4 is 33.2 Å². The second-order valence-corrected chi connectivity index (χ2v) is 10.2. The van der Waals surface area contributed by atoms with E-state index in [2.05, 4.69) is 5.32 Å². The third-order valence-corrected chi connectivity index (χ3v) is 7.40. The van der Waals surface area contributed by atoms with Gasteiger partial charge in [-0.1, -0.05) is 29.8 Å². The van der Waals surface area contributed by atoms with Crippen LogP contribution in [0.15, 0.2) is 71.6 Å². The molecular formula is C26H29ClN2O5S. The van der Waals surface area contributed by atoms with Crippen molar-refractivity contribution in [2.45, 2.75) is 31.7 Å². The number of nitrogens with zero attached hydrogens (tertiary/aromatic N) is 1. The first-order valence-electron chi connectivity index (χ1n) is 11.1. The summed E-state index contributed by atoms with van der Waals surface area (Å²) in [6, 6.07) is 18.2. The SMILES string of the molecule is CCOc1ccc(N(CC(=O)N[C@H](C)c2ccc(Cl)cc2)S(=O)(=O)c2cc(C)ccc2OC)cc1. The molecule has 9 heteroatoms. The van der Waals surface area contributed by atoms with Crippen molar-refractivity contribution in [1.29, 1.82) is 0 Å². The molecule has 7 nitrogen and oxygen atoms in total. The first-order valence-corrected chi connectivity index (χ1v) is 12.9. The van der Waals surface area contributed by atoms with Crippen LogP contribution in [0, 0.1) is 6.92 Å². The second-order valence-electron chi connectivity index (χ2n) is 7.93. The molecule has 0 saturated carbocycles. The van der Waals surface area contributed by atoms with E-state index in [4.69, 9.17) is 21.1 Å². The van der Waals surface area contributed by atoms with Crippen molar-refractivity contribution < 1.29 is 22.7 Å². The van der Waals surface area contributed by atoms with E-state index >= 15 is 0 Å². The van der Waals surface area contributed by atoms with E-state index < -0.39 is 22.5 Å². The molecule has 0 saturated heterocycles. The maximum absolute atomic E-state index is 13.8. The van der Waals surface area contributed by atoms with Gasteiger partial charge in [0.15, 0.2) is 0 Å². The topological polar surface area (TPSA) is 84.9 Å². The van der Waals surface area contributed by atoms with Crippen LogP contribution in [0.2, 0.25) is 5.02 Å². The van der Waals surface area contributed by atoms with Crippen LogP contribution < -0.4 is 19.1 Å². The van der Waals surface area contributed by atoms with E-state index in [0.29, 0.717) is 23.1 Å². The molecule has 0 radical (unpaired) electrons. The predicted octanol–water partition coefficient (Wildman–Crippen LogP) is 5.13. The highest BCUT2D eigenvalue weighted by molar-refractivity contribution is 7.93. The number of sulfonamides is 1. The largest absolute Gasteiger partial charge is 0.495 e. The Hall–Kier alpha value is -3.23. The molecule has 1 N–H and O–H groups in total. The highest BCUT2D eigenvalue weighted by Crippen LogP contribution is 2.31. The van der Waals surface area contributed by atoms with E-state index in [1.165, 1.54) is 13.2 Å². The van der Waals surface area contributed by atoms with Gasteiger partial charge in [0.2, 0.25) is 5.91 Å². The van der Waals surface area contributed by atoms with Gasteiger partial charge in [-0.15, -0.1) is 0 Å². The van der Waals surface area contributed by atoms with Gasteiger partial charge < -0.3 is 14.8 Å². The minimum absolute atomic E-state index is 0.0209. The van der Waals surface area contributed by atoms with E-state index in [1.54, 1.807) is 55.5 Å². The Balaban J connectivity index is 1.96. The van der Waals surface area contributed by atoms with E-state index in [9.17, 15) is 13.2 Å². The van der Waals surface area contributed by atoms with Crippen molar-refractivity contribution in [3.8, 4) is 11.5 Å². The zero-order valence-corrected chi connectivity index (χ0v) is 21.7. The Labute approximate surface area is 211 Å². The molecule has 35 heavy (non-hydrogen) atoms. The van der Waals surface area contributed by atoms with Crippen molar-refractivity contribution in [2.24, 2.45) is 0 Å². The molecule has 3 aromatic carbocycles. The monoisotopic (exact) mass is 516 g/mol. The quantitative estimate of drug-likeness (QED) is 0.404. The molecule has 3 rings (SSSR count). The Kier molecular flexibility index (Phi) is 8.64. The van der Waals surface area contributed by atoms with Gasteiger partial charge >= 0.3 is 0 Å². The fourth-order valence-electron chi connectivity index (χ4n) is 3.55. The lowest BCUT2D eigenvalue weighted by Gasteiger charge is -2.26. The number of carbonyl (C=O) groups is 1. The number of aryl methyl sites for hydroxylation is 1. The van der Waals surface area contributed by atoms with Crippen molar-refractivity contribution in [3.63, 3.8) is 0 Å². The number of hydrogen-bond donors (Lipinski definition) is 1. The van der Waals surface area contributed by atoms with E-state index in [1.807, 2.05) is 26.0 Å². The number of benzene rings is 3. The van der Waals surface area contributed by atoms with Crippen molar-refractivity contribution in [2.75, 3.05) is 24.6 Å². The minimum atomic E-state index is -4.16. The lowest BCUT2D eigenvalue weighted by atomic mass is 10.1. The fourth-order valence-corrected chi connectivity index (χ4v) is 5.34. The molecule has 0 aliphatic rings. The Morgan fingerprint density at radius 1 is 1.06 bits per heavy atom. The van der Waals surface area contributed by atoms with Gasteiger partial charge in [0.1, 0.15) is 22.9 Å². The number of amides is 1. The molecule has 1 amide bonds. The summed E-state index contributed by atoms with van der Waals surface area (Å²) in [4.78, 5) is 13.0. The number of carbonyl (C=O) groups excluding carboxylic acids is 1. The Bertz CT molecular complexity index is 1260. The zero-order valence-electron chi connectivity index (χ0n) is 20.1. The number of ether oxygens (including phenoxy) is 2. The second kappa shape index (κ2) is 11.5. The molecule has 0 aliphatic heterocycles. The summed E-state index contributed by atoms with van der Waals surface area (Å²) in [5.74, 6) is 0.334. The normalized spacial score (nSPS) is 12.0. The highest BCUT2D eigenvalue weighted by atomic mass is 35.5. The molecule has 3 aromatic rings. The smallest absolute Gasteiger partial charge is 0.268 e. The molecule has 1 atom stereocenters. The first-order chi connectivity index (χ1) is 16.6. The lowest BCUT2D eigenvalue weighted by Crippen LogP contribution is -2.41. The van der Waals surface area contributed by atoms with Gasteiger partial charge in [0, 0.05) is 5.02 Å². The van der Waals surface area contributed by atoms with Gasteiger partial charge in [-0.3, -0.25) is 9.10 Å². The first kappa shape index (κ1) is 26.4. The van der Waals surface area contributed by atoms with Gasteiger partial charge in [-0.05, 0) is 80.4 Å². The summed E-state index contributed by atoms with van der Waals surface area (Å²) in [5.41, 5.74) is 1.92. The third-order valence-electron chi connectivity index (χ3n) is 5.36. The van der Waals surface area contributed by atoms with Crippen LogP contribution in [0.25, 0.3) is 0 Å². The molecule has 0 heterocycles. The molecule has 0 aromatic heterocycles. The Morgan fingerprint density at radius 3 is 2.31 bits per heavy atom. The van der Waals surface area contributed by atoms with Crippen molar-refractivity contribution in [1.82, 2.24) is 5.32 Å². The van der Waals surface area contributed by atoms with Crippen LogP contribution >= 0.6 is 11.6 Å². The zero-order chi connectivity index (χ0) is 25.6. The average molecular weight is 517 g/mol. The molecule has 0 fully saturated rings. The molecule has 0 aliphatic carbocycles. The molecule has 0 unspecified atom stereocenters. The van der Waals surface area contributed by atoms with Crippen LogP contribution in [0.4, 0.5) is 5.69 Å².